The van der Waals surface area contributed by atoms with Crippen LogP contribution in [0.2, 0.25) is 0 Å². The maximum absolute atomic E-state index is 14.0. The van der Waals surface area contributed by atoms with E-state index in [1.807, 2.05) is 0 Å². The number of aromatic nitrogens is 3. The number of nitrogens with zero attached hydrogens (tertiary/aromatic N) is 2. The zero-order valence-corrected chi connectivity index (χ0v) is 17.9. The lowest BCUT2D eigenvalue weighted by molar-refractivity contribution is -0.141. The quantitative estimate of drug-likeness (QED) is 0.420. The summed E-state index contributed by atoms with van der Waals surface area (Å²) in [6, 6.07) is 10.4. The van der Waals surface area contributed by atoms with Crippen molar-refractivity contribution in [2.75, 3.05) is 0 Å². The molecular weight excluding hydrogens is 483 g/mol. The fourth-order valence-electron chi connectivity index (χ4n) is 3.47. The van der Waals surface area contributed by atoms with Crippen LogP contribution >= 0.6 is 28.1 Å². The van der Waals surface area contributed by atoms with E-state index in [0.29, 0.717) is 18.6 Å². The van der Waals surface area contributed by atoms with E-state index >= 15 is 0 Å². The molecule has 10 heteroatoms. The standard InChI is InChI=1S/C20H17BrF3N3O2S/c21-13-3-5-14(6-4-13)29-15-7-8-16(17(9-15)20(22,23)24)19(28,12-1-2-12)10-27-18(30)25-11-26-27/h3-9,11-12,28H,1-2,10H2,(H,25,26,30). The van der Waals surface area contributed by atoms with Gasteiger partial charge in [0.05, 0.1) is 12.1 Å². The first-order valence-corrected chi connectivity index (χ1v) is 10.3. The van der Waals surface area contributed by atoms with Crippen LogP contribution in [0.4, 0.5) is 13.2 Å². The van der Waals surface area contributed by atoms with E-state index in [9.17, 15) is 18.3 Å². The summed E-state index contributed by atoms with van der Waals surface area (Å²) in [7, 11) is 0. The third-order valence-corrected chi connectivity index (χ3v) is 5.94. The van der Waals surface area contributed by atoms with Crippen LogP contribution in [0, 0.1) is 10.7 Å². The molecule has 1 fully saturated rings. The van der Waals surface area contributed by atoms with Crippen molar-refractivity contribution in [1.82, 2.24) is 14.8 Å². The first-order valence-electron chi connectivity index (χ1n) is 9.14. The Morgan fingerprint density at radius 3 is 2.37 bits per heavy atom. The Morgan fingerprint density at radius 2 is 1.80 bits per heavy atom. The number of hydrogen-bond acceptors (Lipinski definition) is 4. The van der Waals surface area contributed by atoms with Gasteiger partial charge in [-0.15, -0.1) is 0 Å². The second kappa shape index (κ2) is 7.82. The topological polar surface area (TPSA) is 63.1 Å². The van der Waals surface area contributed by atoms with Gasteiger partial charge in [0.15, 0.2) is 0 Å². The summed E-state index contributed by atoms with van der Waals surface area (Å²) in [6.07, 6.45) is -2.07. The first-order chi connectivity index (χ1) is 14.2. The van der Waals surface area contributed by atoms with Crippen molar-refractivity contribution >= 4 is 28.1 Å². The van der Waals surface area contributed by atoms with Crippen LogP contribution in [-0.4, -0.2) is 19.9 Å². The van der Waals surface area contributed by atoms with Gasteiger partial charge in [-0.1, -0.05) is 22.0 Å². The van der Waals surface area contributed by atoms with Crippen LogP contribution < -0.4 is 4.74 Å². The molecule has 1 aliphatic carbocycles. The molecule has 5 nitrogen and oxygen atoms in total. The van der Waals surface area contributed by atoms with E-state index < -0.39 is 17.3 Å². The van der Waals surface area contributed by atoms with Gasteiger partial charge in [-0.05, 0) is 72.9 Å². The molecular formula is C20H17BrF3N3O2S. The first kappa shape index (κ1) is 21.1. The molecule has 1 saturated carbocycles. The highest BCUT2D eigenvalue weighted by Gasteiger charge is 2.50. The number of aromatic amines is 1. The van der Waals surface area contributed by atoms with Crippen LogP contribution in [0.1, 0.15) is 24.0 Å². The summed E-state index contributed by atoms with van der Waals surface area (Å²) in [6.45, 7) is -0.146. The molecule has 0 bridgehead atoms. The lowest BCUT2D eigenvalue weighted by Gasteiger charge is -2.31. The molecule has 3 aromatic rings. The predicted octanol–water partition coefficient (Wildman–Crippen LogP) is 5.81. The number of nitrogens with one attached hydrogen (secondary N) is 1. The van der Waals surface area contributed by atoms with Gasteiger partial charge >= 0.3 is 6.18 Å². The zero-order valence-electron chi connectivity index (χ0n) is 15.5. The lowest BCUT2D eigenvalue weighted by atomic mass is 9.85. The summed E-state index contributed by atoms with van der Waals surface area (Å²) in [5.41, 5.74) is -2.87. The van der Waals surface area contributed by atoms with Crippen LogP contribution in [0.25, 0.3) is 0 Å². The third-order valence-electron chi connectivity index (χ3n) is 5.08. The Labute approximate surface area is 183 Å². The van der Waals surface area contributed by atoms with Crippen LogP contribution in [0.3, 0.4) is 0 Å². The van der Waals surface area contributed by atoms with Gasteiger partial charge in [0.1, 0.15) is 23.4 Å². The smallest absolute Gasteiger partial charge is 0.416 e. The second-order valence-corrected chi connectivity index (χ2v) is 8.50. The summed E-state index contributed by atoms with van der Waals surface area (Å²) < 4.78 is 49.9. The third kappa shape index (κ3) is 4.30. The molecule has 0 radical (unpaired) electrons. The monoisotopic (exact) mass is 499 g/mol. The SMILES string of the molecule is OC(Cn1[nH]cnc1=S)(c1ccc(Oc2ccc(Br)cc2)cc1C(F)(F)F)C1CC1. The molecule has 2 N–H and O–H groups in total. The molecule has 30 heavy (non-hydrogen) atoms. The van der Waals surface area contributed by atoms with Gasteiger partial charge < -0.3 is 9.84 Å². The van der Waals surface area contributed by atoms with Crippen molar-refractivity contribution < 1.29 is 23.0 Å². The molecule has 0 aliphatic heterocycles. The number of ether oxygens (including phenoxy) is 1. The van der Waals surface area contributed by atoms with Crippen LogP contribution in [0.5, 0.6) is 11.5 Å². The van der Waals surface area contributed by atoms with E-state index in [2.05, 4.69) is 26.0 Å². The minimum atomic E-state index is -4.67. The van der Waals surface area contributed by atoms with Gasteiger partial charge in [0, 0.05) is 4.47 Å². The molecule has 0 spiro atoms. The van der Waals surface area contributed by atoms with E-state index in [-0.39, 0.29) is 28.5 Å². The van der Waals surface area contributed by atoms with Crippen LogP contribution in [-0.2, 0) is 18.3 Å². The highest BCUT2D eigenvalue weighted by Crippen LogP contribution is 2.50. The molecule has 1 aliphatic rings. The number of benzene rings is 2. The van der Waals surface area contributed by atoms with Crippen molar-refractivity contribution in [1.29, 1.82) is 0 Å². The summed E-state index contributed by atoms with van der Waals surface area (Å²) in [4.78, 5) is 3.88. The Morgan fingerprint density at radius 1 is 1.13 bits per heavy atom. The number of alkyl halides is 3. The Bertz CT molecular complexity index is 1110. The molecule has 0 saturated heterocycles. The summed E-state index contributed by atoms with van der Waals surface area (Å²) in [5, 5.41) is 14.2. The number of hydrogen-bond donors (Lipinski definition) is 2. The van der Waals surface area contributed by atoms with Gasteiger partial charge in [-0.25, -0.2) is 4.98 Å². The zero-order chi connectivity index (χ0) is 21.5. The summed E-state index contributed by atoms with van der Waals surface area (Å²) >= 11 is 8.38. The van der Waals surface area contributed by atoms with Crippen LogP contribution in [0.15, 0.2) is 53.3 Å². The van der Waals surface area contributed by atoms with E-state index in [0.717, 1.165) is 10.5 Å². The number of halogens is 4. The number of aliphatic hydroxyl groups is 1. The number of rotatable bonds is 6. The maximum atomic E-state index is 14.0. The van der Waals surface area contributed by atoms with E-state index in [1.54, 1.807) is 24.3 Å². The lowest BCUT2D eigenvalue weighted by Crippen LogP contribution is -2.36. The van der Waals surface area contributed by atoms with Gasteiger partial charge in [-0.2, -0.15) is 13.2 Å². The van der Waals surface area contributed by atoms with E-state index in [1.165, 1.54) is 23.1 Å². The minimum Gasteiger partial charge on any atom is -0.457 e. The minimum absolute atomic E-state index is 0.0321. The molecule has 4 rings (SSSR count). The molecule has 1 unspecified atom stereocenters. The van der Waals surface area contributed by atoms with Crippen molar-refractivity contribution in [2.45, 2.75) is 31.2 Å². The maximum Gasteiger partial charge on any atom is 0.416 e. The Balaban J connectivity index is 1.75. The van der Waals surface area contributed by atoms with Gasteiger partial charge in [0.25, 0.3) is 0 Å². The van der Waals surface area contributed by atoms with Gasteiger partial charge in [-0.3, -0.25) is 9.78 Å². The molecule has 1 heterocycles. The largest absolute Gasteiger partial charge is 0.457 e. The molecule has 1 atom stereocenters. The Kier molecular flexibility index (Phi) is 5.50. The molecule has 158 valence electrons. The highest BCUT2D eigenvalue weighted by molar-refractivity contribution is 9.10. The van der Waals surface area contributed by atoms with Crippen molar-refractivity contribution in [3.63, 3.8) is 0 Å². The average Bonchev–Trinajstić information content (AvgIpc) is 3.48. The molecule has 1 aromatic heterocycles. The number of H-pyrrole nitrogens is 1. The second-order valence-electron chi connectivity index (χ2n) is 7.22. The Hall–Kier alpha value is -2.17. The highest BCUT2D eigenvalue weighted by atomic mass is 79.9. The predicted molar refractivity (Wildman–Crippen MR) is 110 cm³/mol. The molecule has 0 amide bonds. The summed E-state index contributed by atoms with van der Waals surface area (Å²) in [5.74, 6) is 0.132. The molecule has 2 aromatic carbocycles. The van der Waals surface area contributed by atoms with Crippen molar-refractivity contribution in [2.24, 2.45) is 5.92 Å². The fourth-order valence-corrected chi connectivity index (χ4v) is 3.90. The normalized spacial score (nSPS) is 16.3. The fraction of sp³-hybridized carbons (Fsp3) is 0.300. The average molecular weight is 500 g/mol. The van der Waals surface area contributed by atoms with Gasteiger partial charge in [0.2, 0.25) is 4.77 Å². The van der Waals surface area contributed by atoms with Crippen molar-refractivity contribution in [3.05, 3.63) is 69.2 Å². The van der Waals surface area contributed by atoms with Crippen molar-refractivity contribution in [3.8, 4) is 11.5 Å². The van der Waals surface area contributed by atoms with E-state index in [4.69, 9.17) is 17.0 Å².